The molecule has 1 aromatic heterocycles. The first-order valence-electron chi connectivity index (χ1n) is 4.34. The Bertz CT molecular complexity index is 482. The van der Waals surface area contributed by atoms with Gasteiger partial charge in [-0.05, 0) is 30.7 Å². The van der Waals surface area contributed by atoms with Gasteiger partial charge in [0, 0.05) is 21.5 Å². The van der Waals surface area contributed by atoms with Crippen LogP contribution in [0.3, 0.4) is 0 Å². The van der Waals surface area contributed by atoms with Crippen LogP contribution in [0.25, 0.3) is 11.5 Å². The molecule has 0 aliphatic heterocycles. The summed E-state index contributed by atoms with van der Waals surface area (Å²) in [6.07, 6.45) is 0. The highest BCUT2D eigenvalue weighted by atomic mass is 79.9. The molecule has 2 aromatic rings. The molecule has 0 amide bonds. The van der Waals surface area contributed by atoms with Crippen LogP contribution >= 0.6 is 15.9 Å². The fourth-order valence-electron chi connectivity index (χ4n) is 1.32. The second-order valence-corrected chi connectivity index (χ2v) is 3.72. The van der Waals surface area contributed by atoms with Crippen molar-refractivity contribution < 1.29 is 9.15 Å². The van der Waals surface area contributed by atoms with Crippen LogP contribution in [0.1, 0.15) is 5.56 Å². The molecular formula is C10H9BrN2O2. The van der Waals surface area contributed by atoms with Gasteiger partial charge in [-0.25, -0.2) is 0 Å². The van der Waals surface area contributed by atoms with Crippen molar-refractivity contribution in [3.05, 3.63) is 28.6 Å². The van der Waals surface area contributed by atoms with E-state index >= 15 is 0 Å². The van der Waals surface area contributed by atoms with Gasteiger partial charge in [-0.1, -0.05) is 0 Å². The van der Waals surface area contributed by atoms with Crippen molar-refractivity contribution in [2.24, 2.45) is 0 Å². The van der Waals surface area contributed by atoms with Crippen molar-refractivity contribution in [1.82, 2.24) is 10.2 Å². The number of hydrogen-bond donors (Lipinski definition) is 0. The summed E-state index contributed by atoms with van der Waals surface area (Å²) in [7, 11) is 1.64. The first kappa shape index (κ1) is 10.2. The Kier molecular flexibility index (Phi) is 2.73. The average molecular weight is 269 g/mol. The minimum Gasteiger partial charge on any atom is -0.497 e. The van der Waals surface area contributed by atoms with E-state index in [9.17, 15) is 0 Å². The molecule has 4 nitrogen and oxygen atoms in total. The van der Waals surface area contributed by atoms with Crippen molar-refractivity contribution in [3.8, 4) is 17.2 Å². The van der Waals surface area contributed by atoms with Crippen LogP contribution in [-0.4, -0.2) is 17.3 Å². The Morgan fingerprint density at radius 1 is 1.33 bits per heavy atom. The number of aryl methyl sites for hydroxylation is 1. The molecule has 0 unspecified atom stereocenters. The SMILES string of the molecule is COc1ccc(-c2nnc(Br)o2)c(C)c1. The van der Waals surface area contributed by atoms with Gasteiger partial charge >= 0.3 is 0 Å². The standard InChI is InChI=1S/C10H9BrN2O2/c1-6-5-7(14-2)3-4-8(6)9-12-13-10(11)15-9/h3-5H,1-2H3. The van der Waals surface area contributed by atoms with Crippen LogP contribution in [0.2, 0.25) is 0 Å². The number of hydrogen-bond acceptors (Lipinski definition) is 4. The summed E-state index contributed by atoms with van der Waals surface area (Å²) in [6.45, 7) is 1.97. The van der Waals surface area contributed by atoms with E-state index in [4.69, 9.17) is 9.15 Å². The van der Waals surface area contributed by atoms with Gasteiger partial charge in [0.05, 0.1) is 7.11 Å². The van der Waals surface area contributed by atoms with Gasteiger partial charge in [-0.2, -0.15) is 0 Å². The van der Waals surface area contributed by atoms with Gasteiger partial charge in [0.25, 0.3) is 4.80 Å². The summed E-state index contributed by atoms with van der Waals surface area (Å²) < 4.78 is 10.4. The number of rotatable bonds is 2. The lowest BCUT2D eigenvalue weighted by molar-refractivity contribution is 0.414. The number of nitrogens with zero attached hydrogens (tertiary/aromatic N) is 2. The van der Waals surface area contributed by atoms with E-state index in [1.807, 2.05) is 25.1 Å². The topological polar surface area (TPSA) is 48.2 Å². The zero-order chi connectivity index (χ0) is 10.8. The molecule has 0 fully saturated rings. The number of ether oxygens (including phenoxy) is 1. The van der Waals surface area contributed by atoms with E-state index < -0.39 is 0 Å². The van der Waals surface area contributed by atoms with E-state index in [0.717, 1.165) is 16.9 Å². The van der Waals surface area contributed by atoms with Crippen molar-refractivity contribution >= 4 is 15.9 Å². The van der Waals surface area contributed by atoms with Gasteiger partial charge in [0.1, 0.15) is 5.75 Å². The molecule has 0 N–H and O–H groups in total. The minimum absolute atomic E-state index is 0.382. The van der Waals surface area contributed by atoms with Crippen molar-refractivity contribution in [3.63, 3.8) is 0 Å². The highest BCUT2D eigenvalue weighted by molar-refractivity contribution is 9.10. The van der Waals surface area contributed by atoms with E-state index in [1.165, 1.54) is 0 Å². The maximum Gasteiger partial charge on any atom is 0.285 e. The molecule has 15 heavy (non-hydrogen) atoms. The Morgan fingerprint density at radius 2 is 2.13 bits per heavy atom. The normalized spacial score (nSPS) is 10.3. The Hall–Kier alpha value is -1.36. The van der Waals surface area contributed by atoms with Gasteiger partial charge in [-0.3, -0.25) is 0 Å². The van der Waals surface area contributed by atoms with Crippen LogP contribution in [0, 0.1) is 6.92 Å². The zero-order valence-electron chi connectivity index (χ0n) is 8.32. The fourth-order valence-corrected chi connectivity index (χ4v) is 1.55. The third-order valence-corrected chi connectivity index (χ3v) is 2.38. The molecule has 0 saturated carbocycles. The van der Waals surface area contributed by atoms with Crippen molar-refractivity contribution in [2.75, 3.05) is 7.11 Å². The quantitative estimate of drug-likeness (QED) is 0.841. The molecule has 78 valence electrons. The van der Waals surface area contributed by atoms with Gasteiger partial charge in [-0.15, -0.1) is 10.2 Å². The van der Waals surface area contributed by atoms with E-state index in [1.54, 1.807) is 7.11 Å². The second-order valence-electron chi connectivity index (χ2n) is 3.04. The lowest BCUT2D eigenvalue weighted by atomic mass is 10.1. The monoisotopic (exact) mass is 268 g/mol. The Morgan fingerprint density at radius 3 is 2.67 bits per heavy atom. The van der Waals surface area contributed by atoms with Crippen molar-refractivity contribution in [2.45, 2.75) is 6.92 Å². The molecule has 0 bridgehead atoms. The maximum absolute atomic E-state index is 5.28. The third-order valence-electron chi connectivity index (χ3n) is 2.06. The summed E-state index contributed by atoms with van der Waals surface area (Å²) in [5.74, 6) is 1.32. The molecule has 0 saturated heterocycles. The summed E-state index contributed by atoms with van der Waals surface area (Å²) in [5.41, 5.74) is 1.94. The van der Waals surface area contributed by atoms with Crippen LogP contribution in [-0.2, 0) is 0 Å². The lowest BCUT2D eigenvalue weighted by Crippen LogP contribution is -1.87. The number of methoxy groups -OCH3 is 1. The first-order valence-corrected chi connectivity index (χ1v) is 5.14. The second kappa shape index (κ2) is 4.02. The summed E-state index contributed by atoms with van der Waals surface area (Å²) in [6, 6.07) is 5.68. The molecule has 0 aliphatic carbocycles. The molecular weight excluding hydrogens is 260 g/mol. The van der Waals surface area contributed by atoms with Crippen LogP contribution < -0.4 is 4.74 Å². The molecule has 0 atom stereocenters. The summed E-state index contributed by atoms with van der Waals surface area (Å²) >= 11 is 3.12. The van der Waals surface area contributed by atoms with Gasteiger partial charge in [0.15, 0.2) is 0 Å². The van der Waals surface area contributed by atoms with Crippen LogP contribution in [0.4, 0.5) is 0 Å². The molecule has 0 spiro atoms. The largest absolute Gasteiger partial charge is 0.497 e. The minimum atomic E-state index is 0.382. The molecule has 1 aromatic carbocycles. The molecule has 1 heterocycles. The van der Waals surface area contributed by atoms with E-state index in [2.05, 4.69) is 26.1 Å². The molecule has 5 heteroatoms. The predicted molar refractivity (Wildman–Crippen MR) is 58.7 cm³/mol. The highest BCUT2D eigenvalue weighted by Gasteiger charge is 2.09. The number of benzene rings is 1. The highest BCUT2D eigenvalue weighted by Crippen LogP contribution is 2.26. The Labute approximate surface area is 95.4 Å². The average Bonchev–Trinajstić information content (AvgIpc) is 2.64. The molecule has 0 aliphatic rings. The van der Waals surface area contributed by atoms with Gasteiger partial charge < -0.3 is 9.15 Å². The first-order chi connectivity index (χ1) is 7.20. The van der Waals surface area contributed by atoms with Gasteiger partial charge in [0.2, 0.25) is 5.89 Å². The fraction of sp³-hybridized carbons (Fsp3) is 0.200. The predicted octanol–water partition coefficient (Wildman–Crippen LogP) is 2.82. The van der Waals surface area contributed by atoms with E-state index in [-0.39, 0.29) is 0 Å². The van der Waals surface area contributed by atoms with E-state index in [0.29, 0.717) is 10.7 Å². The zero-order valence-corrected chi connectivity index (χ0v) is 9.91. The summed E-state index contributed by atoms with van der Waals surface area (Å²) in [4.78, 5) is 0.382. The number of aromatic nitrogens is 2. The van der Waals surface area contributed by atoms with Crippen LogP contribution in [0.5, 0.6) is 5.75 Å². The molecule has 0 radical (unpaired) electrons. The lowest BCUT2D eigenvalue weighted by Gasteiger charge is -2.03. The van der Waals surface area contributed by atoms with Crippen LogP contribution in [0.15, 0.2) is 27.4 Å². The van der Waals surface area contributed by atoms with Crippen molar-refractivity contribution in [1.29, 1.82) is 0 Å². The molecule has 2 rings (SSSR count). The maximum atomic E-state index is 5.28. The third kappa shape index (κ3) is 2.02. The summed E-state index contributed by atoms with van der Waals surface area (Å²) in [5, 5.41) is 7.64. The Balaban J connectivity index is 2.45. The number of halogens is 1. The smallest absolute Gasteiger partial charge is 0.285 e.